The summed E-state index contributed by atoms with van der Waals surface area (Å²) >= 11 is 3.89. The minimum Gasteiger partial charge on any atom is -0.310 e. The van der Waals surface area contributed by atoms with E-state index in [9.17, 15) is 0 Å². The molecular formula is C116H72N2S2. The van der Waals surface area contributed by atoms with Crippen LogP contribution >= 0.6 is 22.7 Å². The van der Waals surface area contributed by atoms with Gasteiger partial charge in [-0.2, -0.15) is 0 Å². The van der Waals surface area contributed by atoms with Gasteiger partial charge in [-0.1, -0.05) is 346 Å². The third-order valence-corrected chi connectivity index (χ3v) is 28.7. The lowest BCUT2D eigenvalue weighted by Crippen LogP contribution is -2.25. The van der Waals surface area contributed by atoms with Crippen molar-refractivity contribution in [1.82, 2.24) is 0 Å². The first kappa shape index (κ1) is 68.4. The Bertz CT molecular complexity index is 7680. The zero-order chi connectivity index (χ0) is 78.7. The number of anilines is 6. The van der Waals surface area contributed by atoms with E-state index in [1.165, 1.54) is 185 Å². The van der Waals surface area contributed by atoms with Gasteiger partial charge in [-0.15, -0.1) is 22.7 Å². The lowest BCUT2D eigenvalue weighted by Gasteiger charge is -2.31. The summed E-state index contributed by atoms with van der Waals surface area (Å²) in [6.45, 7) is 0. The minimum atomic E-state index is -0.549. The van der Waals surface area contributed by atoms with Gasteiger partial charge in [0.15, 0.2) is 0 Å². The second-order valence-electron chi connectivity index (χ2n) is 32.4. The Morgan fingerprint density at radius 1 is 0.183 bits per heavy atom. The second kappa shape index (κ2) is 26.9. The summed E-state index contributed by atoms with van der Waals surface area (Å²) in [5.41, 5.74) is 38.6. The summed E-state index contributed by atoms with van der Waals surface area (Å²) < 4.78 is 2.60. The van der Waals surface area contributed by atoms with Crippen LogP contribution in [0.3, 0.4) is 0 Å². The van der Waals surface area contributed by atoms with Crippen molar-refractivity contribution in [2.24, 2.45) is 0 Å². The van der Waals surface area contributed by atoms with Crippen molar-refractivity contribution in [3.8, 4) is 110 Å². The highest BCUT2D eigenvalue weighted by molar-refractivity contribution is 7.23. The predicted octanol–water partition coefficient (Wildman–Crippen LogP) is 32.1. The Hall–Kier alpha value is -14.8. The summed E-state index contributed by atoms with van der Waals surface area (Å²) in [6, 6.07) is 164. The fraction of sp³-hybridized carbons (Fsp3) is 0.0172. The van der Waals surface area contributed by atoms with Gasteiger partial charge in [-0.3, -0.25) is 0 Å². The molecule has 0 saturated heterocycles. The van der Waals surface area contributed by atoms with E-state index in [0.717, 1.165) is 45.3 Å². The van der Waals surface area contributed by atoms with Gasteiger partial charge in [0.2, 0.25) is 0 Å². The van der Waals surface area contributed by atoms with Crippen molar-refractivity contribution >= 4 is 98.5 Å². The monoisotopic (exact) mass is 1560 g/mol. The molecule has 2 heterocycles. The van der Waals surface area contributed by atoms with Crippen molar-refractivity contribution in [2.45, 2.75) is 10.8 Å². The molecule has 25 rings (SSSR count). The number of fused-ring (bicyclic) bond motifs is 26. The van der Waals surface area contributed by atoms with E-state index in [0.29, 0.717) is 0 Å². The molecule has 0 atom stereocenters. The molecule has 2 aromatic heterocycles. The fourth-order valence-corrected chi connectivity index (χ4v) is 23.8. The second-order valence-corrected chi connectivity index (χ2v) is 34.5. The van der Waals surface area contributed by atoms with Crippen molar-refractivity contribution in [2.75, 3.05) is 9.80 Å². The zero-order valence-electron chi connectivity index (χ0n) is 65.3. The molecule has 4 heteroatoms. The molecule has 120 heavy (non-hydrogen) atoms. The van der Waals surface area contributed by atoms with Gasteiger partial charge in [0.1, 0.15) is 0 Å². The first-order valence-corrected chi connectivity index (χ1v) is 43.1. The van der Waals surface area contributed by atoms with Crippen LogP contribution in [0.2, 0.25) is 0 Å². The highest BCUT2D eigenvalue weighted by atomic mass is 32.1. The Balaban J connectivity index is 0.579. The first-order chi connectivity index (χ1) is 59.5. The van der Waals surface area contributed by atoms with Crippen LogP contribution in [0.15, 0.2) is 437 Å². The van der Waals surface area contributed by atoms with E-state index in [2.05, 4.69) is 447 Å². The normalized spacial score (nSPS) is 13.1. The molecular weight excluding hydrogens is 1490 g/mol. The quantitative estimate of drug-likeness (QED) is 0.120. The van der Waals surface area contributed by atoms with Crippen LogP contribution < -0.4 is 9.80 Å². The van der Waals surface area contributed by atoms with Crippen LogP contribution in [-0.4, -0.2) is 0 Å². The summed E-state index contributed by atoms with van der Waals surface area (Å²) in [7, 11) is 0. The molecule has 4 aliphatic carbocycles. The molecule has 2 spiro atoms. The van der Waals surface area contributed by atoms with Gasteiger partial charge >= 0.3 is 0 Å². The first-order valence-electron chi connectivity index (χ1n) is 41.5. The Kier molecular flexibility index (Phi) is 15.3. The van der Waals surface area contributed by atoms with Crippen molar-refractivity contribution in [1.29, 1.82) is 0 Å². The number of para-hydroxylation sites is 1. The Labute approximate surface area is 705 Å². The van der Waals surface area contributed by atoms with E-state index in [1.807, 2.05) is 22.7 Å². The molecule has 0 aliphatic heterocycles. The summed E-state index contributed by atoms with van der Waals surface area (Å²) in [6.07, 6.45) is 0. The Morgan fingerprint density at radius 3 is 1.25 bits per heavy atom. The third-order valence-electron chi connectivity index (χ3n) is 26.3. The number of hydrogen-bond acceptors (Lipinski definition) is 4. The van der Waals surface area contributed by atoms with Crippen LogP contribution in [0.4, 0.5) is 34.1 Å². The molecule has 0 amide bonds. The number of nitrogens with zero attached hydrogens (tertiary/aromatic N) is 2. The molecule has 0 fully saturated rings. The van der Waals surface area contributed by atoms with Crippen molar-refractivity contribution < 1.29 is 0 Å². The van der Waals surface area contributed by atoms with Crippen LogP contribution in [0, 0.1) is 0 Å². The molecule has 4 aliphatic rings. The molecule has 0 saturated carbocycles. The lowest BCUT2D eigenvalue weighted by atomic mass is 9.69. The SMILES string of the molecule is c1ccc(-c2ccc(N(c3ccc(-c4cccc5c4-c4sc6ccccc6c4C54c5ccccc5-c5ccccc54)cc3)c3ccccc3-c3cccc(-c4ccc5c6c(sc5c4)-c4ccc(-c5ccc7cc(N(c8ccc(-c9ccccc9)cc8)c8cccc9ccccc89)ccc7c5)cc4C64c5ccccc5-c5ccccc54)c3)cc2)cc1. The maximum atomic E-state index is 2.54. The molecule has 19 aromatic carbocycles. The van der Waals surface area contributed by atoms with Crippen LogP contribution in [0.1, 0.15) is 44.5 Å². The molecule has 21 aromatic rings. The molecule has 0 unspecified atom stereocenters. The van der Waals surface area contributed by atoms with Gasteiger partial charge in [0.25, 0.3) is 0 Å². The highest BCUT2D eigenvalue weighted by Crippen LogP contribution is 2.69. The standard InChI is InChI=1S/C116H72N2S2/c1-3-24-73(25-4-1)75-50-59-86(60-51-75)117(87-63-54-78(55-64-87)92-39-23-44-104-110(92)114-112(98-38-14-20-47-108(98)119-114)115(104)100-40-15-9-34-93(100)94-35-10-16-41-101(94)115)106-45-19-13-33-91(106)85-31-21-30-79(69-85)84-58-67-99-109(72-84)120-113-97-66-57-83(71-105(97)116(111(99)113)102-42-17-11-36-95(102)96-37-12-18-43-103(96)116)80-48-49-82-70-89(65-56-81(82)68-80)118(107-46-22-29-77-28-7-8-32-90(77)107)88-61-52-76(53-62-88)74-26-5-2-6-27-74/h1-72H. The zero-order valence-corrected chi connectivity index (χ0v) is 66.9. The molecule has 2 nitrogen and oxygen atoms in total. The maximum Gasteiger partial charge on any atom is 0.0740 e. The largest absolute Gasteiger partial charge is 0.310 e. The Morgan fingerprint density at radius 2 is 0.583 bits per heavy atom. The van der Waals surface area contributed by atoms with Crippen LogP contribution in [-0.2, 0) is 10.8 Å². The maximum absolute atomic E-state index is 2.54. The van der Waals surface area contributed by atoms with Gasteiger partial charge in [-0.05, 0) is 251 Å². The molecule has 0 bridgehead atoms. The number of benzene rings is 19. The third kappa shape index (κ3) is 10.1. The van der Waals surface area contributed by atoms with E-state index >= 15 is 0 Å². The van der Waals surface area contributed by atoms with Crippen molar-refractivity contribution in [3.05, 3.63) is 481 Å². The summed E-state index contributed by atoms with van der Waals surface area (Å²) in [5, 5.41) is 7.42. The number of thiophene rings is 2. The molecule has 0 radical (unpaired) electrons. The summed E-state index contributed by atoms with van der Waals surface area (Å²) in [4.78, 5) is 7.58. The van der Waals surface area contributed by atoms with E-state index in [4.69, 9.17) is 0 Å². The molecule has 0 N–H and O–H groups in total. The molecule has 558 valence electrons. The average Bonchev–Trinajstić information content (AvgIpc) is 1.50. The number of hydrogen-bond donors (Lipinski definition) is 0. The van der Waals surface area contributed by atoms with E-state index in [1.54, 1.807) is 0 Å². The van der Waals surface area contributed by atoms with Gasteiger partial charge < -0.3 is 9.80 Å². The summed E-state index contributed by atoms with van der Waals surface area (Å²) in [5.74, 6) is 0. The average molecular weight is 1560 g/mol. The topological polar surface area (TPSA) is 6.48 Å². The highest BCUT2D eigenvalue weighted by Gasteiger charge is 2.55. The van der Waals surface area contributed by atoms with E-state index < -0.39 is 10.8 Å². The van der Waals surface area contributed by atoms with Gasteiger partial charge in [0.05, 0.1) is 22.2 Å². The minimum absolute atomic E-state index is 0.452. The predicted molar refractivity (Wildman–Crippen MR) is 507 cm³/mol. The van der Waals surface area contributed by atoms with Crippen LogP contribution in [0.25, 0.3) is 152 Å². The fourth-order valence-electron chi connectivity index (χ4n) is 21.1. The van der Waals surface area contributed by atoms with Gasteiger partial charge in [0, 0.05) is 58.4 Å². The van der Waals surface area contributed by atoms with Crippen LogP contribution in [0.5, 0.6) is 0 Å². The van der Waals surface area contributed by atoms with E-state index in [-0.39, 0.29) is 0 Å². The number of rotatable bonds is 12. The van der Waals surface area contributed by atoms with Crippen molar-refractivity contribution in [3.63, 3.8) is 0 Å². The lowest BCUT2D eigenvalue weighted by molar-refractivity contribution is 0.803. The smallest absolute Gasteiger partial charge is 0.0740 e. The van der Waals surface area contributed by atoms with Gasteiger partial charge in [-0.25, -0.2) is 0 Å².